The Labute approximate surface area is 123 Å². The minimum absolute atomic E-state index is 0.0169. The third-order valence-corrected chi connectivity index (χ3v) is 3.83. The molecule has 0 radical (unpaired) electrons. The van der Waals surface area contributed by atoms with Crippen molar-refractivity contribution in [3.63, 3.8) is 0 Å². The lowest BCUT2D eigenvalue weighted by atomic mass is 9.86. The molecule has 3 nitrogen and oxygen atoms in total. The molecule has 0 aromatic heterocycles. The minimum Gasteiger partial charge on any atom is -0.381 e. The summed E-state index contributed by atoms with van der Waals surface area (Å²) in [6.07, 6.45) is 1.06. The summed E-state index contributed by atoms with van der Waals surface area (Å²) in [4.78, 5) is 12.5. The van der Waals surface area contributed by atoms with Crippen LogP contribution in [-0.4, -0.2) is 31.2 Å². The first kappa shape index (κ1) is 15.4. The van der Waals surface area contributed by atoms with Crippen molar-refractivity contribution in [2.75, 3.05) is 19.8 Å². The Kier molecular flexibility index (Phi) is 5.13. The van der Waals surface area contributed by atoms with E-state index in [0.29, 0.717) is 43.2 Å². The van der Waals surface area contributed by atoms with Crippen LogP contribution in [0.5, 0.6) is 0 Å². The molecular formula is C15H18ClFO3. The third kappa shape index (κ3) is 3.37. The number of halogens is 2. The van der Waals surface area contributed by atoms with Gasteiger partial charge in [0.15, 0.2) is 5.78 Å². The second-order valence-electron chi connectivity index (χ2n) is 4.88. The fraction of sp³-hybridized carbons (Fsp3) is 0.533. The number of carbonyl (C=O) groups is 1. The van der Waals surface area contributed by atoms with Gasteiger partial charge in [-0.2, -0.15) is 0 Å². The number of benzene rings is 1. The number of hydrogen-bond acceptors (Lipinski definition) is 3. The summed E-state index contributed by atoms with van der Waals surface area (Å²) in [6, 6.07) is 4.36. The lowest BCUT2D eigenvalue weighted by molar-refractivity contribution is -0.156. The molecule has 0 aliphatic carbocycles. The van der Waals surface area contributed by atoms with Crippen LogP contribution in [0.1, 0.15) is 25.3 Å². The molecule has 0 bridgehead atoms. The molecule has 0 atom stereocenters. The zero-order valence-corrected chi connectivity index (χ0v) is 12.2. The third-order valence-electron chi connectivity index (χ3n) is 3.60. The molecule has 0 unspecified atom stereocenters. The summed E-state index contributed by atoms with van der Waals surface area (Å²) >= 11 is 5.71. The van der Waals surface area contributed by atoms with E-state index in [1.54, 1.807) is 12.1 Å². The van der Waals surface area contributed by atoms with Crippen molar-refractivity contribution in [3.8, 4) is 0 Å². The monoisotopic (exact) mass is 300 g/mol. The van der Waals surface area contributed by atoms with E-state index in [-0.39, 0.29) is 12.2 Å². The van der Waals surface area contributed by atoms with Gasteiger partial charge in [-0.1, -0.05) is 17.7 Å². The molecule has 0 N–H and O–H groups in total. The number of rotatable bonds is 5. The van der Waals surface area contributed by atoms with Crippen LogP contribution >= 0.6 is 11.6 Å². The first-order valence-corrected chi connectivity index (χ1v) is 7.14. The van der Waals surface area contributed by atoms with Gasteiger partial charge in [-0.3, -0.25) is 4.79 Å². The average Bonchev–Trinajstić information content (AvgIpc) is 2.43. The van der Waals surface area contributed by atoms with Crippen molar-refractivity contribution >= 4 is 17.4 Å². The maximum absolute atomic E-state index is 13.8. The molecule has 2 rings (SSSR count). The van der Waals surface area contributed by atoms with E-state index in [1.165, 1.54) is 6.07 Å². The fourth-order valence-electron chi connectivity index (χ4n) is 2.48. The number of hydrogen-bond donors (Lipinski definition) is 0. The summed E-state index contributed by atoms with van der Waals surface area (Å²) < 4.78 is 24.8. The topological polar surface area (TPSA) is 35.5 Å². The van der Waals surface area contributed by atoms with Gasteiger partial charge in [-0.15, -0.1) is 0 Å². The van der Waals surface area contributed by atoms with E-state index in [2.05, 4.69) is 0 Å². The van der Waals surface area contributed by atoms with Crippen LogP contribution in [-0.2, 0) is 20.7 Å². The molecule has 20 heavy (non-hydrogen) atoms. The maximum Gasteiger partial charge on any atom is 0.169 e. The Bertz CT molecular complexity index is 478. The van der Waals surface area contributed by atoms with E-state index in [4.69, 9.17) is 21.1 Å². The van der Waals surface area contributed by atoms with E-state index >= 15 is 0 Å². The maximum atomic E-state index is 13.8. The largest absolute Gasteiger partial charge is 0.381 e. The Morgan fingerprint density at radius 1 is 1.45 bits per heavy atom. The Morgan fingerprint density at radius 3 is 2.75 bits per heavy atom. The molecule has 1 aliphatic rings. The molecule has 1 aliphatic heterocycles. The molecular weight excluding hydrogens is 283 g/mol. The SMILES string of the molecule is CCOC1(C(=O)Cc2ccc(Cl)cc2F)CCOCC1. The van der Waals surface area contributed by atoms with Crippen LogP contribution in [0.4, 0.5) is 4.39 Å². The van der Waals surface area contributed by atoms with Gasteiger partial charge in [0.2, 0.25) is 0 Å². The van der Waals surface area contributed by atoms with Crippen LogP contribution < -0.4 is 0 Å². The fourth-order valence-corrected chi connectivity index (χ4v) is 2.64. The molecule has 0 saturated carbocycles. The highest BCUT2D eigenvalue weighted by molar-refractivity contribution is 6.30. The number of ether oxygens (including phenoxy) is 2. The second-order valence-corrected chi connectivity index (χ2v) is 5.31. The highest BCUT2D eigenvalue weighted by Gasteiger charge is 2.40. The van der Waals surface area contributed by atoms with E-state index in [1.807, 2.05) is 6.92 Å². The molecule has 5 heteroatoms. The smallest absolute Gasteiger partial charge is 0.169 e. The Balaban J connectivity index is 2.15. The van der Waals surface area contributed by atoms with Gasteiger partial charge >= 0.3 is 0 Å². The molecule has 1 saturated heterocycles. The van der Waals surface area contributed by atoms with Crippen molar-refractivity contribution in [1.82, 2.24) is 0 Å². The summed E-state index contributed by atoms with van der Waals surface area (Å²) in [7, 11) is 0. The van der Waals surface area contributed by atoms with Gasteiger partial charge in [0.25, 0.3) is 0 Å². The molecule has 1 aromatic rings. The molecule has 1 fully saturated rings. The summed E-state index contributed by atoms with van der Waals surface area (Å²) in [5.41, 5.74) is -0.482. The highest BCUT2D eigenvalue weighted by atomic mass is 35.5. The van der Waals surface area contributed by atoms with Crippen LogP contribution in [0.15, 0.2) is 18.2 Å². The van der Waals surface area contributed by atoms with Crippen molar-refractivity contribution in [2.45, 2.75) is 31.8 Å². The average molecular weight is 301 g/mol. The normalized spacial score (nSPS) is 17.9. The van der Waals surface area contributed by atoms with Gasteiger partial charge in [0.1, 0.15) is 11.4 Å². The molecule has 0 spiro atoms. The molecule has 1 aromatic carbocycles. The van der Waals surface area contributed by atoms with Crippen molar-refractivity contribution in [1.29, 1.82) is 0 Å². The standard InChI is InChI=1S/C15H18ClFO3/c1-2-20-15(5-7-19-8-6-15)14(18)9-11-3-4-12(16)10-13(11)17/h3-4,10H,2,5-9H2,1H3. The second kappa shape index (κ2) is 6.66. The predicted octanol–water partition coefficient (Wildman–Crippen LogP) is 3.18. The number of Topliss-reactive ketones (excluding diaryl/α,β-unsaturated/α-hetero) is 1. The van der Waals surface area contributed by atoms with E-state index in [0.717, 1.165) is 0 Å². The first-order valence-electron chi connectivity index (χ1n) is 6.76. The zero-order chi connectivity index (χ0) is 14.6. The summed E-state index contributed by atoms with van der Waals surface area (Å²) in [6.45, 7) is 3.30. The van der Waals surface area contributed by atoms with Gasteiger partial charge in [-0.25, -0.2) is 4.39 Å². The predicted molar refractivity (Wildman–Crippen MR) is 74.5 cm³/mol. The van der Waals surface area contributed by atoms with Gasteiger partial charge in [0.05, 0.1) is 0 Å². The minimum atomic E-state index is -0.834. The van der Waals surface area contributed by atoms with Crippen molar-refractivity contribution < 1.29 is 18.7 Å². The lowest BCUT2D eigenvalue weighted by Gasteiger charge is -2.35. The van der Waals surface area contributed by atoms with Gasteiger partial charge in [-0.05, 0) is 24.6 Å². The van der Waals surface area contributed by atoms with E-state index < -0.39 is 11.4 Å². The highest BCUT2D eigenvalue weighted by Crippen LogP contribution is 2.28. The summed E-state index contributed by atoms with van der Waals surface area (Å²) in [5, 5.41) is 0.323. The Hall–Kier alpha value is -0.970. The van der Waals surface area contributed by atoms with Gasteiger partial charge < -0.3 is 9.47 Å². The Morgan fingerprint density at radius 2 is 2.15 bits per heavy atom. The zero-order valence-electron chi connectivity index (χ0n) is 11.5. The lowest BCUT2D eigenvalue weighted by Crippen LogP contribution is -2.47. The van der Waals surface area contributed by atoms with E-state index in [9.17, 15) is 9.18 Å². The molecule has 110 valence electrons. The van der Waals surface area contributed by atoms with Crippen LogP contribution in [0, 0.1) is 5.82 Å². The van der Waals surface area contributed by atoms with Crippen molar-refractivity contribution in [2.24, 2.45) is 0 Å². The quantitative estimate of drug-likeness (QED) is 0.838. The first-order chi connectivity index (χ1) is 9.57. The number of carbonyl (C=O) groups excluding carboxylic acids is 1. The van der Waals surface area contributed by atoms with Crippen LogP contribution in [0.25, 0.3) is 0 Å². The van der Waals surface area contributed by atoms with Gasteiger partial charge in [0, 0.05) is 44.1 Å². The van der Waals surface area contributed by atoms with Crippen LogP contribution in [0.3, 0.4) is 0 Å². The molecule has 1 heterocycles. The molecule has 0 amide bonds. The van der Waals surface area contributed by atoms with Crippen molar-refractivity contribution in [3.05, 3.63) is 34.6 Å². The number of ketones is 1. The summed E-state index contributed by atoms with van der Waals surface area (Å²) in [5.74, 6) is -0.548. The van der Waals surface area contributed by atoms with Crippen LogP contribution in [0.2, 0.25) is 5.02 Å².